The molecule has 5 rings (SSSR count). The van der Waals surface area contributed by atoms with E-state index in [4.69, 9.17) is 16.1 Å². The van der Waals surface area contributed by atoms with Crippen LogP contribution in [0.5, 0.6) is 0 Å². The van der Waals surface area contributed by atoms with Crippen molar-refractivity contribution in [3.8, 4) is 0 Å². The molecule has 0 saturated carbocycles. The number of H-pyrrole nitrogens is 1. The van der Waals surface area contributed by atoms with Crippen LogP contribution in [0.1, 0.15) is 59.1 Å². The Bertz CT molecular complexity index is 1300. The molecule has 4 aromatic rings. The van der Waals surface area contributed by atoms with E-state index in [-0.39, 0.29) is 17.6 Å². The summed E-state index contributed by atoms with van der Waals surface area (Å²) in [5.74, 6) is 0.109. The van der Waals surface area contributed by atoms with Gasteiger partial charge in [0.1, 0.15) is 6.04 Å². The van der Waals surface area contributed by atoms with Gasteiger partial charge in [-0.2, -0.15) is 5.10 Å². The maximum Gasteiger partial charge on any atom is 0.301 e. The van der Waals surface area contributed by atoms with E-state index in [2.05, 4.69) is 19.8 Å². The summed E-state index contributed by atoms with van der Waals surface area (Å²) in [6.45, 7) is 13.0. The van der Waals surface area contributed by atoms with Crippen LogP contribution in [0.25, 0.3) is 10.4 Å². The molecule has 0 aliphatic carbocycles. The lowest BCUT2D eigenvalue weighted by atomic mass is 9.99. The second-order valence-electron chi connectivity index (χ2n) is 8.16. The average molecular weight is 415 g/mol. The number of rotatable bonds is 3. The van der Waals surface area contributed by atoms with Gasteiger partial charge in [-0.15, -0.1) is 0 Å². The number of fused-ring (bicyclic) bond motifs is 2. The maximum atomic E-state index is 13.6. The van der Waals surface area contributed by atoms with E-state index in [1.165, 1.54) is 0 Å². The number of imidazole rings is 1. The first-order chi connectivity index (χ1) is 14.9. The molecule has 0 bridgehead atoms. The van der Waals surface area contributed by atoms with Gasteiger partial charge in [-0.1, -0.05) is 6.07 Å². The number of hydrogen-bond donors (Lipinski definition) is 1. The van der Waals surface area contributed by atoms with Gasteiger partial charge in [0.25, 0.3) is 11.8 Å². The second kappa shape index (κ2) is 6.80. The van der Waals surface area contributed by atoms with E-state index in [9.17, 15) is 4.79 Å². The van der Waals surface area contributed by atoms with E-state index in [1.807, 2.05) is 30.5 Å². The summed E-state index contributed by atoms with van der Waals surface area (Å²) in [6, 6.07) is 7.34. The van der Waals surface area contributed by atoms with Gasteiger partial charge in [0, 0.05) is 38.7 Å². The van der Waals surface area contributed by atoms with Crippen LogP contribution < -0.4 is 0 Å². The Morgan fingerprint density at radius 2 is 2.23 bits per heavy atom. The molecule has 1 aliphatic heterocycles. The zero-order valence-corrected chi connectivity index (χ0v) is 17.5. The number of nitrogens with zero attached hydrogens (tertiary/aromatic N) is 6. The highest BCUT2D eigenvalue weighted by atomic mass is 16.4. The molecule has 0 saturated heterocycles. The summed E-state index contributed by atoms with van der Waals surface area (Å²) < 4.78 is 7.61. The fourth-order valence-corrected chi connectivity index (χ4v) is 3.92. The van der Waals surface area contributed by atoms with Crippen LogP contribution in [0.15, 0.2) is 41.2 Å². The van der Waals surface area contributed by atoms with Crippen LogP contribution >= 0.6 is 0 Å². The average Bonchev–Trinajstić information content (AvgIpc) is 3.49. The Hall–Kier alpha value is -3.93. The Morgan fingerprint density at radius 1 is 1.39 bits per heavy atom. The molecular formula is C22H21N7O2. The van der Waals surface area contributed by atoms with E-state index in [0.29, 0.717) is 18.7 Å². The highest BCUT2D eigenvalue weighted by Gasteiger charge is 2.40. The van der Waals surface area contributed by atoms with Crippen LogP contribution in [0, 0.1) is 13.5 Å². The Balaban J connectivity index is 1.59. The number of carbonyl (C=O) groups excluding carboxylic acids is 1. The molecule has 0 radical (unpaired) electrons. The third-order valence-electron chi connectivity index (χ3n) is 5.65. The van der Waals surface area contributed by atoms with Crippen molar-refractivity contribution in [2.24, 2.45) is 0 Å². The second-order valence-corrected chi connectivity index (χ2v) is 8.16. The van der Waals surface area contributed by atoms with Gasteiger partial charge in [-0.25, -0.2) is 21.1 Å². The van der Waals surface area contributed by atoms with Crippen molar-refractivity contribution in [1.29, 1.82) is 0 Å². The predicted octanol–water partition coefficient (Wildman–Crippen LogP) is 3.30. The molecule has 156 valence electrons. The first-order valence-electron chi connectivity index (χ1n) is 10.0. The molecule has 1 N–H and O–H groups in total. The molecule has 1 amide bonds. The van der Waals surface area contributed by atoms with Gasteiger partial charge < -0.3 is 19.1 Å². The highest BCUT2D eigenvalue weighted by molar-refractivity contribution is 5.93. The van der Waals surface area contributed by atoms with Crippen LogP contribution in [-0.2, 0) is 12.0 Å². The van der Waals surface area contributed by atoms with Crippen molar-refractivity contribution >= 4 is 11.4 Å². The molecule has 1 atom stereocenters. The van der Waals surface area contributed by atoms with Gasteiger partial charge in [0.15, 0.2) is 0 Å². The molecular weight excluding hydrogens is 394 g/mol. The molecule has 0 fully saturated rings. The number of amides is 1. The van der Waals surface area contributed by atoms with Crippen molar-refractivity contribution in [3.05, 3.63) is 82.6 Å². The monoisotopic (exact) mass is 415 g/mol. The molecule has 0 aromatic carbocycles. The van der Waals surface area contributed by atoms with Gasteiger partial charge in [-0.3, -0.25) is 4.79 Å². The number of aromatic amines is 1. The van der Waals surface area contributed by atoms with Gasteiger partial charge in [0.05, 0.1) is 28.9 Å². The first-order valence-corrected chi connectivity index (χ1v) is 10.0. The zero-order chi connectivity index (χ0) is 21.8. The highest BCUT2D eigenvalue weighted by Crippen LogP contribution is 2.35. The van der Waals surface area contributed by atoms with Crippen LogP contribution in [0.2, 0.25) is 0 Å². The molecule has 5 heterocycles. The minimum absolute atomic E-state index is 0.152. The lowest BCUT2D eigenvalue weighted by Crippen LogP contribution is -2.41. The Morgan fingerprint density at radius 3 is 3.00 bits per heavy atom. The fraction of sp³-hybridized carbons (Fsp3) is 0.318. The molecule has 0 spiro atoms. The molecule has 0 unspecified atom stereocenters. The molecule has 9 nitrogen and oxygen atoms in total. The number of oxazole rings is 1. The van der Waals surface area contributed by atoms with Crippen LogP contribution in [-0.4, -0.2) is 41.9 Å². The van der Waals surface area contributed by atoms with Gasteiger partial charge in [0.2, 0.25) is 5.76 Å². The number of pyridine rings is 1. The summed E-state index contributed by atoms with van der Waals surface area (Å²) in [6.07, 6.45) is 4.18. The van der Waals surface area contributed by atoms with Gasteiger partial charge in [-0.05, 0) is 25.1 Å². The molecule has 4 aromatic heterocycles. The molecule has 31 heavy (non-hydrogen) atoms. The molecule has 1 aliphatic rings. The molecule has 9 heteroatoms. The Kier molecular flexibility index (Phi) is 4.18. The zero-order valence-electron chi connectivity index (χ0n) is 17.5. The minimum Gasteiger partial charge on any atom is -0.428 e. The number of aryl methyl sites for hydroxylation is 1. The SMILES string of the molecule is [C-]#[N+]C(C)(C)c1nc(C)c(C(=O)N2CCc3[nH]cnc3[C@H]2c2cc3ccccn3n2)o1. The standard InChI is InChI=1S/C22H21N7O2/c1-13-19(31-21(26-13)22(2,3)23-4)20(30)28-10-8-15-17(25-12-24-15)18(28)16-11-14-7-5-6-9-29(14)27-16/h5-7,9,11-12,18H,8,10H2,1-3H3,(H,24,25)/t18-/m1/s1. The third-order valence-corrected chi connectivity index (χ3v) is 5.65. The Labute approximate surface area is 178 Å². The summed E-state index contributed by atoms with van der Waals surface area (Å²) in [7, 11) is 0. The quantitative estimate of drug-likeness (QED) is 0.518. The maximum absolute atomic E-state index is 13.6. The van der Waals surface area contributed by atoms with E-state index in [0.717, 1.165) is 22.6 Å². The first kappa shape index (κ1) is 19.1. The number of carbonyl (C=O) groups is 1. The van der Waals surface area contributed by atoms with Crippen molar-refractivity contribution < 1.29 is 9.21 Å². The van der Waals surface area contributed by atoms with E-state index >= 15 is 0 Å². The van der Waals surface area contributed by atoms with E-state index < -0.39 is 11.6 Å². The van der Waals surface area contributed by atoms with Crippen molar-refractivity contribution in [3.63, 3.8) is 0 Å². The lowest BCUT2D eigenvalue weighted by Gasteiger charge is -2.33. The van der Waals surface area contributed by atoms with E-state index in [1.54, 1.807) is 36.5 Å². The van der Waals surface area contributed by atoms with Crippen molar-refractivity contribution in [1.82, 2.24) is 29.5 Å². The summed E-state index contributed by atoms with van der Waals surface area (Å²) >= 11 is 0. The number of hydrogen-bond acceptors (Lipinski definition) is 5. The van der Waals surface area contributed by atoms with Gasteiger partial charge >= 0.3 is 5.54 Å². The summed E-state index contributed by atoms with van der Waals surface area (Å²) in [4.78, 5) is 31.0. The van der Waals surface area contributed by atoms with Crippen LogP contribution in [0.3, 0.4) is 0 Å². The largest absolute Gasteiger partial charge is 0.428 e. The fourth-order valence-electron chi connectivity index (χ4n) is 3.92. The summed E-state index contributed by atoms with van der Waals surface area (Å²) in [5.41, 5.74) is 2.97. The predicted molar refractivity (Wildman–Crippen MR) is 111 cm³/mol. The smallest absolute Gasteiger partial charge is 0.301 e. The minimum atomic E-state index is -0.943. The van der Waals surface area contributed by atoms with Crippen LogP contribution in [0.4, 0.5) is 0 Å². The normalized spacial score (nSPS) is 16.3. The third kappa shape index (κ3) is 2.99. The number of aromatic nitrogens is 5. The van der Waals surface area contributed by atoms with Crippen molar-refractivity contribution in [2.75, 3.05) is 6.54 Å². The topological polar surface area (TPSA) is 96.7 Å². The van der Waals surface area contributed by atoms with Crippen molar-refractivity contribution in [2.45, 2.75) is 38.8 Å². The summed E-state index contributed by atoms with van der Waals surface area (Å²) in [5, 5.41) is 4.70. The number of nitrogens with one attached hydrogen (secondary N) is 1. The lowest BCUT2D eigenvalue weighted by molar-refractivity contribution is 0.0650.